The maximum atomic E-state index is 12.4. The van der Waals surface area contributed by atoms with Crippen molar-refractivity contribution in [3.8, 4) is 0 Å². The smallest absolute Gasteiger partial charge is 0.265 e. The summed E-state index contributed by atoms with van der Waals surface area (Å²) in [7, 11) is 0. The van der Waals surface area contributed by atoms with Gasteiger partial charge in [-0.05, 0) is 19.1 Å². The topological polar surface area (TPSA) is 41.8 Å². The highest BCUT2D eigenvalue weighted by atomic mass is 16.2. The van der Waals surface area contributed by atoms with Crippen molar-refractivity contribution in [2.75, 3.05) is 13.2 Å². The minimum absolute atomic E-state index is 0.181. The first-order chi connectivity index (χ1) is 10.7. The largest absolute Gasteiger partial charge is 0.314 e. The molecule has 1 heterocycles. The zero-order chi connectivity index (χ0) is 15.5. The Labute approximate surface area is 130 Å². The number of imide groups is 1. The van der Waals surface area contributed by atoms with Crippen LogP contribution in [0.5, 0.6) is 0 Å². The SMILES string of the molecule is CC[NH+](Cc1ccccc1)CN1C(=O)c2ccccc2C1=O. The molecule has 4 nitrogen and oxygen atoms in total. The average Bonchev–Trinajstić information content (AvgIpc) is 2.80. The lowest BCUT2D eigenvalue weighted by Crippen LogP contribution is -3.12. The summed E-state index contributed by atoms with van der Waals surface area (Å²) < 4.78 is 0. The van der Waals surface area contributed by atoms with E-state index >= 15 is 0 Å². The third-order valence-corrected chi connectivity index (χ3v) is 4.06. The predicted octanol–water partition coefficient (Wildman–Crippen LogP) is 1.35. The van der Waals surface area contributed by atoms with Crippen LogP contribution in [0.2, 0.25) is 0 Å². The van der Waals surface area contributed by atoms with E-state index in [1.807, 2.05) is 18.2 Å². The highest BCUT2D eigenvalue weighted by molar-refractivity contribution is 6.21. The van der Waals surface area contributed by atoms with Crippen molar-refractivity contribution in [3.63, 3.8) is 0 Å². The first-order valence-electron chi connectivity index (χ1n) is 7.53. The van der Waals surface area contributed by atoms with E-state index in [2.05, 4.69) is 19.1 Å². The minimum Gasteiger partial charge on any atom is -0.314 e. The highest BCUT2D eigenvalue weighted by Gasteiger charge is 2.37. The summed E-state index contributed by atoms with van der Waals surface area (Å²) in [6, 6.07) is 17.2. The molecule has 0 saturated carbocycles. The molecule has 0 aromatic heterocycles. The molecule has 2 aromatic rings. The van der Waals surface area contributed by atoms with Crippen LogP contribution in [0.25, 0.3) is 0 Å². The van der Waals surface area contributed by atoms with Gasteiger partial charge >= 0.3 is 0 Å². The molecule has 22 heavy (non-hydrogen) atoms. The molecular formula is C18H19N2O2+. The average molecular weight is 295 g/mol. The third kappa shape index (κ3) is 2.65. The lowest BCUT2D eigenvalue weighted by molar-refractivity contribution is -0.919. The molecule has 1 unspecified atom stereocenters. The maximum Gasteiger partial charge on any atom is 0.265 e. The first-order valence-corrected chi connectivity index (χ1v) is 7.53. The number of carbonyl (C=O) groups is 2. The number of nitrogens with zero attached hydrogens (tertiary/aromatic N) is 1. The minimum atomic E-state index is -0.181. The Hall–Kier alpha value is -2.46. The van der Waals surface area contributed by atoms with E-state index in [1.165, 1.54) is 15.4 Å². The number of hydrogen-bond donors (Lipinski definition) is 1. The molecule has 112 valence electrons. The predicted molar refractivity (Wildman–Crippen MR) is 83.5 cm³/mol. The summed E-state index contributed by atoms with van der Waals surface area (Å²) in [5.74, 6) is -0.362. The van der Waals surface area contributed by atoms with Gasteiger partial charge in [0.15, 0.2) is 6.67 Å². The molecule has 0 saturated heterocycles. The molecule has 0 spiro atoms. The fraction of sp³-hybridized carbons (Fsp3) is 0.222. The van der Waals surface area contributed by atoms with E-state index in [-0.39, 0.29) is 11.8 Å². The van der Waals surface area contributed by atoms with Crippen LogP contribution in [0.15, 0.2) is 54.6 Å². The lowest BCUT2D eigenvalue weighted by Gasteiger charge is -2.22. The Morgan fingerprint density at radius 3 is 1.95 bits per heavy atom. The quantitative estimate of drug-likeness (QED) is 0.846. The number of fused-ring (bicyclic) bond motifs is 1. The van der Waals surface area contributed by atoms with Gasteiger partial charge in [-0.2, -0.15) is 0 Å². The van der Waals surface area contributed by atoms with Crippen molar-refractivity contribution in [1.29, 1.82) is 0 Å². The summed E-state index contributed by atoms with van der Waals surface area (Å²) in [4.78, 5) is 27.4. The Bertz CT molecular complexity index is 662. The Morgan fingerprint density at radius 2 is 1.41 bits per heavy atom. The standard InChI is InChI=1S/C18H18N2O2/c1-2-19(12-14-8-4-3-5-9-14)13-20-17(21)15-10-6-7-11-16(15)18(20)22/h3-11H,2,12-13H2,1H3/p+1. The lowest BCUT2D eigenvalue weighted by atomic mass is 10.1. The number of nitrogens with one attached hydrogen (secondary N) is 1. The normalized spacial score (nSPS) is 15.0. The fourth-order valence-electron chi connectivity index (χ4n) is 2.78. The van der Waals surface area contributed by atoms with Crippen molar-refractivity contribution < 1.29 is 14.5 Å². The summed E-state index contributed by atoms with van der Waals surface area (Å²) in [6.45, 7) is 4.11. The molecule has 2 amide bonds. The van der Waals surface area contributed by atoms with E-state index in [9.17, 15) is 9.59 Å². The van der Waals surface area contributed by atoms with Gasteiger partial charge in [-0.15, -0.1) is 0 Å². The highest BCUT2D eigenvalue weighted by Crippen LogP contribution is 2.21. The Kier molecular flexibility index (Phi) is 4.02. The molecule has 4 heteroatoms. The van der Waals surface area contributed by atoms with Crippen molar-refractivity contribution in [3.05, 3.63) is 71.3 Å². The number of rotatable bonds is 5. The summed E-state index contributed by atoms with van der Waals surface area (Å²) in [5.41, 5.74) is 2.24. The molecule has 0 aliphatic carbocycles. The van der Waals surface area contributed by atoms with Gasteiger partial charge in [-0.1, -0.05) is 42.5 Å². The van der Waals surface area contributed by atoms with Crippen LogP contribution >= 0.6 is 0 Å². The molecule has 1 aliphatic heterocycles. The van der Waals surface area contributed by atoms with Crippen LogP contribution in [-0.4, -0.2) is 29.9 Å². The first kappa shape index (κ1) is 14.5. The second-order valence-corrected chi connectivity index (χ2v) is 5.51. The molecule has 0 bridgehead atoms. The van der Waals surface area contributed by atoms with Gasteiger partial charge in [0.1, 0.15) is 6.54 Å². The molecule has 3 rings (SSSR count). The Balaban J connectivity index is 1.75. The molecule has 1 aliphatic rings. The molecular weight excluding hydrogens is 276 g/mol. The van der Waals surface area contributed by atoms with E-state index in [1.54, 1.807) is 24.3 Å². The molecule has 0 radical (unpaired) electrons. The van der Waals surface area contributed by atoms with Crippen molar-refractivity contribution in [1.82, 2.24) is 4.90 Å². The zero-order valence-electron chi connectivity index (χ0n) is 12.6. The number of hydrogen-bond acceptors (Lipinski definition) is 2. The van der Waals surface area contributed by atoms with Crippen LogP contribution in [0.3, 0.4) is 0 Å². The number of benzene rings is 2. The van der Waals surface area contributed by atoms with Crippen LogP contribution in [0.4, 0.5) is 0 Å². The van der Waals surface area contributed by atoms with E-state index in [0.717, 1.165) is 13.1 Å². The maximum absolute atomic E-state index is 12.4. The van der Waals surface area contributed by atoms with Gasteiger partial charge < -0.3 is 4.90 Å². The van der Waals surface area contributed by atoms with Crippen LogP contribution in [-0.2, 0) is 6.54 Å². The zero-order valence-corrected chi connectivity index (χ0v) is 12.6. The van der Waals surface area contributed by atoms with E-state index in [4.69, 9.17) is 0 Å². The second kappa shape index (κ2) is 6.12. The van der Waals surface area contributed by atoms with Gasteiger partial charge in [-0.3, -0.25) is 9.59 Å². The number of carbonyl (C=O) groups excluding carboxylic acids is 2. The van der Waals surface area contributed by atoms with E-state index < -0.39 is 0 Å². The van der Waals surface area contributed by atoms with E-state index in [0.29, 0.717) is 17.8 Å². The fourth-order valence-corrected chi connectivity index (χ4v) is 2.78. The summed E-state index contributed by atoms with van der Waals surface area (Å²) in [6.07, 6.45) is 0. The van der Waals surface area contributed by atoms with Gasteiger partial charge in [0, 0.05) is 5.56 Å². The molecule has 0 fully saturated rings. The van der Waals surface area contributed by atoms with Crippen LogP contribution in [0.1, 0.15) is 33.2 Å². The van der Waals surface area contributed by atoms with Gasteiger partial charge in [0.25, 0.3) is 11.8 Å². The Morgan fingerprint density at radius 1 is 0.864 bits per heavy atom. The second-order valence-electron chi connectivity index (χ2n) is 5.51. The monoisotopic (exact) mass is 295 g/mol. The van der Waals surface area contributed by atoms with Crippen LogP contribution < -0.4 is 4.90 Å². The van der Waals surface area contributed by atoms with Crippen molar-refractivity contribution in [2.24, 2.45) is 0 Å². The summed E-state index contributed by atoms with van der Waals surface area (Å²) in [5, 5.41) is 0. The third-order valence-electron chi connectivity index (χ3n) is 4.06. The van der Waals surface area contributed by atoms with Crippen molar-refractivity contribution >= 4 is 11.8 Å². The number of quaternary nitrogens is 1. The van der Waals surface area contributed by atoms with Crippen molar-refractivity contribution in [2.45, 2.75) is 13.5 Å². The molecule has 1 atom stereocenters. The van der Waals surface area contributed by atoms with Gasteiger partial charge in [0.05, 0.1) is 17.7 Å². The van der Waals surface area contributed by atoms with Crippen LogP contribution in [0, 0.1) is 0 Å². The number of amides is 2. The van der Waals surface area contributed by atoms with Gasteiger partial charge in [0.2, 0.25) is 0 Å². The van der Waals surface area contributed by atoms with Gasteiger partial charge in [-0.25, -0.2) is 4.90 Å². The summed E-state index contributed by atoms with van der Waals surface area (Å²) >= 11 is 0. The molecule has 1 N–H and O–H groups in total. The molecule has 2 aromatic carbocycles.